The number of amides is 2. The van der Waals surface area contributed by atoms with Gasteiger partial charge in [0, 0.05) is 29.1 Å². The third kappa shape index (κ3) is 7.24. The summed E-state index contributed by atoms with van der Waals surface area (Å²) in [5.41, 5.74) is 1.30. The van der Waals surface area contributed by atoms with Gasteiger partial charge < -0.3 is 20.1 Å². The Bertz CT molecular complexity index is 979. The number of anilines is 2. The van der Waals surface area contributed by atoms with Crippen LogP contribution in [0.1, 0.15) is 19.4 Å². The first-order valence-electron chi connectivity index (χ1n) is 10.2. The second kappa shape index (κ2) is 11.7. The number of likely N-dealkylation sites (N-methyl/N-ethyl adjacent to an activating group) is 1. The maximum absolute atomic E-state index is 12.4. The SMILES string of the molecule is CCOc1ccc(NC(=O)CN(C)CC(=O)Nc2ccc(C)c([N+](=O)[O-])c2)cc1OCC. The van der Waals surface area contributed by atoms with Crippen molar-refractivity contribution in [1.82, 2.24) is 4.90 Å². The predicted octanol–water partition coefficient (Wildman–Crippen LogP) is 3.21. The minimum atomic E-state index is -0.501. The zero-order valence-corrected chi connectivity index (χ0v) is 18.6. The maximum atomic E-state index is 12.4. The van der Waals surface area contributed by atoms with Crippen LogP contribution in [0.5, 0.6) is 11.5 Å². The molecule has 2 aromatic rings. The standard InChI is InChI=1S/C22H28N4O6/c1-5-31-19-10-9-17(12-20(19)32-6-2)24-22(28)14-25(4)13-21(27)23-16-8-7-15(3)18(11-16)26(29)30/h7-12H,5-6,13-14H2,1-4H3,(H,23,27)(H,24,28). The van der Waals surface area contributed by atoms with E-state index in [0.717, 1.165) is 0 Å². The Hall–Kier alpha value is -3.66. The monoisotopic (exact) mass is 444 g/mol. The molecule has 32 heavy (non-hydrogen) atoms. The number of hydrogen-bond acceptors (Lipinski definition) is 7. The lowest BCUT2D eigenvalue weighted by Gasteiger charge is -2.17. The molecule has 0 fully saturated rings. The van der Waals surface area contributed by atoms with E-state index in [-0.39, 0.29) is 24.7 Å². The molecule has 10 nitrogen and oxygen atoms in total. The largest absolute Gasteiger partial charge is 0.490 e. The summed E-state index contributed by atoms with van der Waals surface area (Å²) in [6.07, 6.45) is 0. The van der Waals surface area contributed by atoms with E-state index in [1.807, 2.05) is 13.8 Å². The first-order valence-corrected chi connectivity index (χ1v) is 10.2. The van der Waals surface area contributed by atoms with Crippen LogP contribution in [0, 0.1) is 17.0 Å². The van der Waals surface area contributed by atoms with Gasteiger partial charge in [0.1, 0.15) is 0 Å². The summed E-state index contributed by atoms with van der Waals surface area (Å²) in [5.74, 6) is 0.431. The molecule has 2 amide bonds. The fourth-order valence-electron chi connectivity index (χ4n) is 2.96. The lowest BCUT2D eigenvalue weighted by Crippen LogP contribution is -2.36. The highest BCUT2D eigenvalue weighted by Crippen LogP contribution is 2.30. The van der Waals surface area contributed by atoms with E-state index in [0.29, 0.717) is 41.7 Å². The Morgan fingerprint density at radius 1 is 0.938 bits per heavy atom. The van der Waals surface area contributed by atoms with Gasteiger partial charge >= 0.3 is 0 Å². The molecule has 0 heterocycles. The molecule has 0 aliphatic heterocycles. The molecule has 0 spiro atoms. The lowest BCUT2D eigenvalue weighted by atomic mass is 10.2. The van der Waals surface area contributed by atoms with Crippen molar-refractivity contribution in [2.75, 3.05) is 44.0 Å². The summed E-state index contributed by atoms with van der Waals surface area (Å²) in [7, 11) is 1.63. The molecule has 0 bridgehead atoms. The molecule has 2 N–H and O–H groups in total. The molecule has 0 aliphatic rings. The van der Waals surface area contributed by atoms with Crippen molar-refractivity contribution in [3.8, 4) is 11.5 Å². The van der Waals surface area contributed by atoms with Gasteiger partial charge in [0.25, 0.3) is 5.69 Å². The van der Waals surface area contributed by atoms with Crippen LogP contribution in [0.25, 0.3) is 0 Å². The van der Waals surface area contributed by atoms with Crippen LogP contribution in [0.2, 0.25) is 0 Å². The number of benzene rings is 2. The van der Waals surface area contributed by atoms with Crippen molar-refractivity contribution in [3.63, 3.8) is 0 Å². The van der Waals surface area contributed by atoms with Gasteiger partial charge in [-0.3, -0.25) is 24.6 Å². The number of carbonyl (C=O) groups excluding carboxylic acids is 2. The number of carbonyl (C=O) groups is 2. The molecule has 0 aliphatic carbocycles. The van der Waals surface area contributed by atoms with E-state index < -0.39 is 10.8 Å². The summed E-state index contributed by atoms with van der Waals surface area (Å²) < 4.78 is 11.1. The number of hydrogen-bond donors (Lipinski definition) is 2. The van der Waals surface area contributed by atoms with E-state index in [1.54, 1.807) is 44.3 Å². The molecule has 0 unspecified atom stereocenters. The summed E-state index contributed by atoms with van der Waals surface area (Å²) >= 11 is 0. The number of nitro benzene ring substituents is 1. The Morgan fingerprint density at radius 3 is 2.03 bits per heavy atom. The van der Waals surface area contributed by atoms with E-state index in [1.165, 1.54) is 11.0 Å². The first kappa shape index (κ1) is 24.6. The molecule has 0 aromatic heterocycles. The Labute approximate surface area is 186 Å². The quantitative estimate of drug-likeness (QED) is 0.403. The van der Waals surface area contributed by atoms with Crippen molar-refractivity contribution in [3.05, 3.63) is 52.1 Å². The number of aryl methyl sites for hydroxylation is 1. The third-order valence-corrected chi connectivity index (χ3v) is 4.34. The number of rotatable bonds is 11. The van der Waals surface area contributed by atoms with E-state index in [2.05, 4.69) is 10.6 Å². The molecule has 10 heteroatoms. The molecular formula is C22H28N4O6. The van der Waals surface area contributed by atoms with Crippen molar-refractivity contribution >= 4 is 28.9 Å². The zero-order valence-electron chi connectivity index (χ0n) is 18.6. The summed E-state index contributed by atoms with van der Waals surface area (Å²) in [4.78, 5) is 36.7. The van der Waals surface area contributed by atoms with Crippen molar-refractivity contribution in [2.45, 2.75) is 20.8 Å². The minimum Gasteiger partial charge on any atom is -0.490 e. The van der Waals surface area contributed by atoms with Crippen LogP contribution < -0.4 is 20.1 Å². The normalized spacial score (nSPS) is 10.5. The second-order valence-electron chi connectivity index (χ2n) is 7.05. The Morgan fingerprint density at radius 2 is 1.47 bits per heavy atom. The average Bonchev–Trinajstić information content (AvgIpc) is 2.71. The van der Waals surface area contributed by atoms with Crippen molar-refractivity contribution in [2.24, 2.45) is 0 Å². The smallest absolute Gasteiger partial charge is 0.274 e. The van der Waals surface area contributed by atoms with Gasteiger partial charge in [-0.2, -0.15) is 0 Å². The number of nitro groups is 1. The van der Waals surface area contributed by atoms with Crippen molar-refractivity contribution < 1.29 is 24.0 Å². The lowest BCUT2D eigenvalue weighted by molar-refractivity contribution is -0.385. The van der Waals surface area contributed by atoms with Gasteiger partial charge in [-0.25, -0.2) is 0 Å². The molecule has 2 aromatic carbocycles. The first-order chi connectivity index (χ1) is 15.2. The number of nitrogens with zero attached hydrogens (tertiary/aromatic N) is 2. The average molecular weight is 444 g/mol. The molecule has 2 rings (SSSR count). The molecule has 0 saturated heterocycles. The topological polar surface area (TPSA) is 123 Å². The number of nitrogens with one attached hydrogen (secondary N) is 2. The molecular weight excluding hydrogens is 416 g/mol. The molecule has 172 valence electrons. The molecule has 0 radical (unpaired) electrons. The van der Waals surface area contributed by atoms with Crippen LogP contribution in [0.15, 0.2) is 36.4 Å². The van der Waals surface area contributed by atoms with Gasteiger partial charge in [0.05, 0.1) is 31.2 Å². The Balaban J connectivity index is 1.91. The van der Waals surface area contributed by atoms with E-state index in [9.17, 15) is 19.7 Å². The predicted molar refractivity (Wildman–Crippen MR) is 121 cm³/mol. The van der Waals surface area contributed by atoms with Crippen LogP contribution in [-0.2, 0) is 9.59 Å². The van der Waals surface area contributed by atoms with Crippen molar-refractivity contribution in [1.29, 1.82) is 0 Å². The summed E-state index contributed by atoms with van der Waals surface area (Å²) in [6, 6.07) is 9.59. The van der Waals surface area contributed by atoms with Gasteiger partial charge in [-0.1, -0.05) is 6.07 Å². The Kier molecular flexibility index (Phi) is 8.96. The van der Waals surface area contributed by atoms with Crippen LogP contribution >= 0.6 is 0 Å². The highest BCUT2D eigenvalue weighted by Gasteiger charge is 2.15. The summed E-state index contributed by atoms with van der Waals surface area (Å²) in [5, 5.41) is 16.4. The van der Waals surface area contributed by atoms with Crippen LogP contribution in [-0.4, -0.2) is 55.0 Å². The van der Waals surface area contributed by atoms with Gasteiger partial charge in [-0.05, 0) is 46.0 Å². The van der Waals surface area contributed by atoms with Crippen LogP contribution in [0.4, 0.5) is 17.1 Å². The molecule has 0 atom stereocenters. The third-order valence-electron chi connectivity index (χ3n) is 4.34. The maximum Gasteiger partial charge on any atom is 0.274 e. The van der Waals surface area contributed by atoms with Gasteiger partial charge in [0.2, 0.25) is 11.8 Å². The fraction of sp³-hybridized carbons (Fsp3) is 0.364. The number of ether oxygens (including phenoxy) is 2. The van der Waals surface area contributed by atoms with Gasteiger partial charge in [-0.15, -0.1) is 0 Å². The second-order valence-corrected chi connectivity index (χ2v) is 7.05. The van der Waals surface area contributed by atoms with Gasteiger partial charge in [0.15, 0.2) is 11.5 Å². The van der Waals surface area contributed by atoms with E-state index >= 15 is 0 Å². The highest BCUT2D eigenvalue weighted by atomic mass is 16.6. The molecule has 0 saturated carbocycles. The highest BCUT2D eigenvalue weighted by molar-refractivity contribution is 5.95. The zero-order chi connectivity index (χ0) is 23.7. The fourth-order valence-corrected chi connectivity index (χ4v) is 2.96. The van der Waals surface area contributed by atoms with Crippen LogP contribution in [0.3, 0.4) is 0 Å². The minimum absolute atomic E-state index is 0.0291. The van der Waals surface area contributed by atoms with E-state index in [4.69, 9.17) is 9.47 Å². The summed E-state index contributed by atoms with van der Waals surface area (Å²) in [6.45, 7) is 6.21.